The molecule has 0 bridgehead atoms. The van der Waals surface area contributed by atoms with Gasteiger partial charge in [0.2, 0.25) is 0 Å². The van der Waals surface area contributed by atoms with Crippen molar-refractivity contribution in [3.05, 3.63) is 78.0 Å². The van der Waals surface area contributed by atoms with Gasteiger partial charge in [-0.15, -0.1) is 0 Å². The van der Waals surface area contributed by atoms with Gasteiger partial charge in [-0.2, -0.15) is 5.10 Å². The number of aliphatic imine (C=N–C) groups is 2. The molecule has 1 fully saturated rings. The summed E-state index contributed by atoms with van der Waals surface area (Å²) in [4.78, 5) is 16.4. The number of hydrogen-bond donors (Lipinski definition) is 3. The first kappa shape index (κ1) is 25.2. The summed E-state index contributed by atoms with van der Waals surface area (Å²) in [5.41, 5.74) is 3.54. The van der Waals surface area contributed by atoms with Gasteiger partial charge in [-0.3, -0.25) is 5.10 Å². The molecular formula is C28H31FN8O. The fraction of sp³-hybridized carbons (Fsp3) is 0.250. The highest BCUT2D eigenvalue weighted by atomic mass is 19.1. The van der Waals surface area contributed by atoms with Crippen molar-refractivity contribution in [2.75, 3.05) is 45.3 Å². The molecule has 196 valence electrons. The van der Waals surface area contributed by atoms with Crippen LogP contribution in [0.5, 0.6) is 5.75 Å². The van der Waals surface area contributed by atoms with E-state index < -0.39 is 5.82 Å². The van der Waals surface area contributed by atoms with Gasteiger partial charge >= 0.3 is 0 Å². The molecule has 3 heterocycles. The maximum Gasteiger partial charge on any atom is 0.181 e. The summed E-state index contributed by atoms with van der Waals surface area (Å²) in [7, 11) is 2.09. The Kier molecular flexibility index (Phi) is 7.50. The predicted octanol–water partition coefficient (Wildman–Crippen LogP) is 4.64. The summed E-state index contributed by atoms with van der Waals surface area (Å²) in [6, 6.07) is 17.0. The van der Waals surface area contributed by atoms with Crippen LogP contribution in [0.25, 0.3) is 22.2 Å². The third-order valence-corrected chi connectivity index (χ3v) is 6.47. The number of fused-ring (bicyclic) bond motifs is 1. The summed E-state index contributed by atoms with van der Waals surface area (Å²) >= 11 is 0. The Morgan fingerprint density at radius 1 is 1.16 bits per heavy atom. The smallest absolute Gasteiger partial charge is 0.181 e. The fourth-order valence-electron chi connectivity index (χ4n) is 4.37. The molecule has 1 aliphatic rings. The van der Waals surface area contributed by atoms with Gasteiger partial charge in [-0.1, -0.05) is 30.3 Å². The van der Waals surface area contributed by atoms with E-state index >= 15 is 0 Å². The van der Waals surface area contributed by atoms with E-state index in [1.165, 1.54) is 0 Å². The normalized spacial score (nSPS) is 15.2. The van der Waals surface area contributed by atoms with Gasteiger partial charge in [0.15, 0.2) is 24.1 Å². The molecule has 2 aromatic heterocycles. The Morgan fingerprint density at radius 3 is 2.71 bits per heavy atom. The Bertz CT molecular complexity index is 1460. The second-order valence-electron chi connectivity index (χ2n) is 9.22. The minimum absolute atomic E-state index is 0.0466. The second kappa shape index (κ2) is 11.3. The zero-order valence-electron chi connectivity index (χ0n) is 21.5. The molecule has 9 nitrogen and oxygen atoms in total. The molecule has 4 aromatic rings. The molecule has 10 heteroatoms. The first-order valence-corrected chi connectivity index (χ1v) is 12.4. The number of aromatic amines is 2. The maximum absolute atomic E-state index is 15.0. The zero-order chi connectivity index (χ0) is 26.5. The molecule has 0 aliphatic carbocycles. The minimum atomic E-state index is -0.401. The van der Waals surface area contributed by atoms with E-state index in [2.05, 4.69) is 54.0 Å². The van der Waals surface area contributed by atoms with Crippen molar-refractivity contribution < 1.29 is 9.13 Å². The topological polar surface area (TPSA) is 96.9 Å². The molecule has 3 N–H and O–H groups in total. The summed E-state index contributed by atoms with van der Waals surface area (Å²) in [5.74, 6) is 1.53. The van der Waals surface area contributed by atoms with Crippen molar-refractivity contribution in [1.29, 1.82) is 0 Å². The molecule has 5 rings (SSSR count). The number of nitrogens with one attached hydrogen (secondary N) is 3. The number of nitrogens with zero attached hydrogens (tertiary/aromatic N) is 5. The Morgan fingerprint density at radius 2 is 1.95 bits per heavy atom. The summed E-state index contributed by atoms with van der Waals surface area (Å²) < 4.78 is 20.7. The molecule has 0 amide bonds. The third kappa shape index (κ3) is 5.76. The third-order valence-electron chi connectivity index (χ3n) is 6.47. The van der Waals surface area contributed by atoms with Crippen LogP contribution in [0.1, 0.15) is 5.69 Å². The van der Waals surface area contributed by atoms with Gasteiger partial charge in [0, 0.05) is 54.9 Å². The summed E-state index contributed by atoms with van der Waals surface area (Å²) in [6.07, 6.45) is 1.81. The van der Waals surface area contributed by atoms with Crippen LogP contribution >= 0.6 is 0 Å². The standard InChI is InChI=1S/C28H31FN8O/c1-19-15-21-22(32-19)9-10-24(28(21)29)38-18-31-27(37-13-11-36(3)12-14-37)17-25(30-2)33-26-16-23(34-35-26)20-7-5-4-6-8-20/h4-10,15-17,32H,2,11-14,18H2,1,3H3,(H2,33,34,35)/b25-17+,31-27+. The molecule has 0 atom stereocenters. The van der Waals surface area contributed by atoms with E-state index in [0.717, 1.165) is 48.6 Å². The molecule has 0 spiro atoms. The van der Waals surface area contributed by atoms with Gasteiger partial charge in [-0.05, 0) is 44.5 Å². The molecule has 0 radical (unpaired) electrons. The van der Waals surface area contributed by atoms with E-state index in [1.54, 1.807) is 12.1 Å². The van der Waals surface area contributed by atoms with Crippen LogP contribution in [-0.2, 0) is 0 Å². The largest absolute Gasteiger partial charge is 0.468 e. The zero-order valence-corrected chi connectivity index (χ0v) is 21.5. The average Bonchev–Trinajstić information content (AvgIpc) is 3.56. The number of benzene rings is 2. The number of rotatable bonds is 8. The Labute approximate surface area is 220 Å². The number of halogens is 1. The van der Waals surface area contributed by atoms with Crippen LogP contribution < -0.4 is 10.1 Å². The average molecular weight is 515 g/mol. The van der Waals surface area contributed by atoms with E-state index in [9.17, 15) is 4.39 Å². The van der Waals surface area contributed by atoms with Crippen molar-refractivity contribution in [2.45, 2.75) is 6.92 Å². The quantitative estimate of drug-likeness (QED) is 0.235. The lowest BCUT2D eigenvalue weighted by Crippen LogP contribution is -2.47. The van der Waals surface area contributed by atoms with Crippen molar-refractivity contribution in [3.63, 3.8) is 0 Å². The molecule has 38 heavy (non-hydrogen) atoms. The number of hydrogen-bond acceptors (Lipinski definition) is 6. The molecule has 0 unspecified atom stereocenters. The molecule has 1 aliphatic heterocycles. The lowest BCUT2D eigenvalue weighted by atomic mass is 10.2. The van der Waals surface area contributed by atoms with E-state index in [0.29, 0.717) is 22.9 Å². The lowest BCUT2D eigenvalue weighted by molar-refractivity contribution is 0.214. The van der Waals surface area contributed by atoms with Crippen LogP contribution in [0.3, 0.4) is 0 Å². The second-order valence-corrected chi connectivity index (χ2v) is 9.22. The highest BCUT2D eigenvalue weighted by molar-refractivity contribution is 5.94. The number of amidine groups is 1. The van der Waals surface area contributed by atoms with Crippen LogP contribution in [0.4, 0.5) is 10.2 Å². The number of H-pyrrole nitrogens is 2. The number of likely N-dealkylation sites (N-methyl/N-ethyl adjacent to an activating group) is 1. The van der Waals surface area contributed by atoms with Crippen LogP contribution in [0.15, 0.2) is 76.5 Å². The predicted molar refractivity (Wildman–Crippen MR) is 150 cm³/mol. The SMILES string of the molecule is C=N/C(=C\C(=N/COc1ccc2[nH]c(C)cc2c1F)N1CCN(C)CC1)Nc1cc(-c2ccccc2)[nH]n1. The van der Waals surface area contributed by atoms with Crippen molar-refractivity contribution in [2.24, 2.45) is 9.98 Å². The first-order valence-electron chi connectivity index (χ1n) is 12.4. The minimum Gasteiger partial charge on any atom is -0.468 e. The van der Waals surface area contributed by atoms with E-state index in [-0.39, 0.29) is 12.5 Å². The number of piperazine rings is 1. The van der Waals surface area contributed by atoms with Gasteiger partial charge in [0.25, 0.3) is 0 Å². The summed E-state index contributed by atoms with van der Waals surface area (Å²) in [6.45, 7) is 8.94. The van der Waals surface area contributed by atoms with Gasteiger partial charge in [0.1, 0.15) is 11.7 Å². The number of aromatic nitrogens is 3. The number of anilines is 1. The van der Waals surface area contributed by atoms with Crippen molar-refractivity contribution >= 4 is 29.3 Å². The van der Waals surface area contributed by atoms with Crippen LogP contribution in [0.2, 0.25) is 0 Å². The maximum atomic E-state index is 15.0. The van der Waals surface area contributed by atoms with Crippen molar-refractivity contribution in [1.82, 2.24) is 25.0 Å². The molecule has 2 aromatic carbocycles. The van der Waals surface area contributed by atoms with Gasteiger partial charge in [-0.25, -0.2) is 14.4 Å². The molecule has 1 saturated heterocycles. The first-order chi connectivity index (χ1) is 18.5. The summed E-state index contributed by atoms with van der Waals surface area (Å²) in [5, 5.41) is 11.1. The van der Waals surface area contributed by atoms with Gasteiger partial charge < -0.3 is 24.8 Å². The number of aryl methyl sites for hydroxylation is 1. The Hall–Kier alpha value is -4.44. The number of ether oxygens (including phenoxy) is 1. The van der Waals surface area contributed by atoms with Gasteiger partial charge in [0.05, 0.1) is 5.69 Å². The molecular weight excluding hydrogens is 483 g/mol. The van der Waals surface area contributed by atoms with Crippen LogP contribution in [0, 0.1) is 12.7 Å². The molecule has 0 saturated carbocycles. The monoisotopic (exact) mass is 514 g/mol. The van der Waals surface area contributed by atoms with E-state index in [1.807, 2.05) is 55.5 Å². The van der Waals surface area contributed by atoms with Crippen LogP contribution in [-0.4, -0.2) is 77.5 Å². The fourth-order valence-corrected chi connectivity index (χ4v) is 4.37. The highest BCUT2D eigenvalue weighted by Crippen LogP contribution is 2.27. The van der Waals surface area contributed by atoms with E-state index in [4.69, 9.17) is 4.74 Å². The lowest BCUT2D eigenvalue weighted by Gasteiger charge is -2.33. The van der Waals surface area contributed by atoms with Crippen molar-refractivity contribution in [3.8, 4) is 17.0 Å². The highest BCUT2D eigenvalue weighted by Gasteiger charge is 2.18. The Balaban J connectivity index is 1.35.